The highest BCUT2D eigenvalue weighted by molar-refractivity contribution is 5.96. The number of halogens is 2. The van der Waals surface area contributed by atoms with Gasteiger partial charge in [0.05, 0.1) is 5.56 Å². The van der Waals surface area contributed by atoms with E-state index in [1.165, 1.54) is 29.8 Å². The zero-order valence-electron chi connectivity index (χ0n) is 13.2. The second-order valence-electron chi connectivity index (χ2n) is 5.58. The summed E-state index contributed by atoms with van der Waals surface area (Å²) in [6, 6.07) is 14.1. The largest absolute Gasteiger partial charge is 0.423 e. The summed E-state index contributed by atoms with van der Waals surface area (Å²) < 4.78 is 32.2. The third-order valence-electron chi connectivity index (χ3n) is 3.82. The van der Waals surface area contributed by atoms with Crippen LogP contribution in [0.1, 0.15) is 29.3 Å². The molecule has 24 heavy (non-hydrogen) atoms. The number of esters is 1. The Hall–Kier alpha value is -2.75. The molecule has 0 N–H and O–H groups in total. The van der Waals surface area contributed by atoms with Crippen molar-refractivity contribution in [3.63, 3.8) is 0 Å². The van der Waals surface area contributed by atoms with Crippen molar-refractivity contribution in [2.75, 3.05) is 0 Å². The molecule has 0 unspecified atom stereocenters. The molecule has 0 radical (unpaired) electrons. The second kappa shape index (κ2) is 6.79. The lowest BCUT2D eigenvalue weighted by Gasteiger charge is -2.07. The van der Waals surface area contributed by atoms with Crippen molar-refractivity contribution < 1.29 is 18.3 Å². The zero-order valence-corrected chi connectivity index (χ0v) is 13.2. The van der Waals surface area contributed by atoms with Crippen LogP contribution < -0.4 is 4.74 Å². The van der Waals surface area contributed by atoms with E-state index in [1.807, 2.05) is 12.1 Å². The first-order valence-corrected chi connectivity index (χ1v) is 7.77. The normalized spacial score (nSPS) is 10.8. The fourth-order valence-corrected chi connectivity index (χ4v) is 2.57. The lowest BCUT2D eigenvalue weighted by Crippen LogP contribution is -2.08. The third kappa shape index (κ3) is 3.27. The zero-order chi connectivity index (χ0) is 17.1. The molecule has 2 nitrogen and oxygen atoms in total. The smallest absolute Gasteiger partial charge is 0.343 e. The highest BCUT2D eigenvalue weighted by Crippen LogP contribution is 2.22. The quantitative estimate of drug-likeness (QED) is 0.481. The molecule has 0 bridgehead atoms. The van der Waals surface area contributed by atoms with Crippen LogP contribution in [-0.4, -0.2) is 5.97 Å². The van der Waals surface area contributed by atoms with Crippen LogP contribution in [0.5, 0.6) is 5.75 Å². The molecule has 0 aliphatic heterocycles. The van der Waals surface area contributed by atoms with Crippen molar-refractivity contribution in [1.29, 1.82) is 0 Å². The van der Waals surface area contributed by atoms with Crippen LogP contribution >= 0.6 is 0 Å². The van der Waals surface area contributed by atoms with Gasteiger partial charge in [0, 0.05) is 5.39 Å². The number of rotatable bonds is 4. The van der Waals surface area contributed by atoms with Crippen molar-refractivity contribution >= 4 is 16.7 Å². The minimum atomic E-state index is -0.918. The Morgan fingerprint density at radius 2 is 1.75 bits per heavy atom. The summed E-state index contributed by atoms with van der Waals surface area (Å²) in [5.74, 6) is -1.92. The third-order valence-corrected chi connectivity index (χ3v) is 3.82. The van der Waals surface area contributed by atoms with Gasteiger partial charge in [-0.1, -0.05) is 37.6 Å². The molecule has 3 rings (SSSR count). The lowest BCUT2D eigenvalue weighted by atomic mass is 10.1. The van der Waals surface area contributed by atoms with E-state index in [1.54, 1.807) is 12.1 Å². The summed E-state index contributed by atoms with van der Waals surface area (Å²) in [5.41, 5.74) is 1.46. The Morgan fingerprint density at radius 3 is 2.46 bits per heavy atom. The molecule has 4 heteroatoms. The van der Waals surface area contributed by atoms with Crippen LogP contribution in [0.15, 0.2) is 54.6 Å². The SMILES string of the molecule is CCCc1ccc(OC(=O)c2ccc3c(F)c(F)ccc3c2)cc1. The van der Waals surface area contributed by atoms with Crippen LogP contribution in [0.3, 0.4) is 0 Å². The van der Waals surface area contributed by atoms with Gasteiger partial charge in [-0.05, 0) is 47.7 Å². The predicted molar refractivity (Wildman–Crippen MR) is 89.3 cm³/mol. The van der Waals surface area contributed by atoms with E-state index in [0.29, 0.717) is 11.1 Å². The molecular weight excluding hydrogens is 310 g/mol. The van der Waals surface area contributed by atoms with Gasteiger partial charge in [0.2, 0.25) is 0 Å². The van der Waals surface area contributed by atoms with E-state index in [-0.39, 0.29) is 10.9 Å². The Bertz CT molecular complexity index is 886. The molecule has 3 aromatic carbocycles. The van der Waals surface area contributed by atoms with Crippen molar-refractivity contribution in [3.8, 4) is 5.75 Å². The lowest BCUT2D eigenvalue weighted by molar-refractivity contribution is 0.0735. The van der Waals surface area contributed by atoms with Crippen LogP contribution in [0.25, 0.3) is 10.8 Å². The summed E-state index contributed by atoms with van der Waals surface area (Å²) in [5, 5.41) is 0.581. The summed E-state index contributed by atoms with van der Waals surface area (Å²) >= 11 is 0. The number of carbonyl (C=O) groups is 1. The highest BCUT2D eigenvalue weighted by atomic mass is 19.2. The Morgan fingerprint density at radius 1 is 1.00 bits per heavy atom. The van der Waals surface area contributed by atoms with E-state index < -0.39 is 17.6 Å². The van der Waals surface area contributed by atoms with Gasteiger partial charge in [-0.3, -0.25) is 0 Å². The highest BCUT2D eigenvalue weighted by Gasteiger charge is 2.12. The Kier molecular flexibility index (Phi) is 4.56. The van der Waals surface area contributed by atoms with E-state index in [9.17, 15) is 13.6 Å². The first-order valence-electron chi connectivity index (χ1n) is 7.77. The van der Waals surface area contributed by atoms with Gasteiger partial charge >= 0.3 is 5.97 Å². The molecule has 0 aromatic heterocycles. The number of carbonyl (C=O) groups excluding carboxylic acids is 1. The maximum atomic E-state index is 13.7. The number of fused-ring (bicyclic) bond motifs is 1. The molecule has 0 saturated heterocycles. The van der Waals surface area contributed by atoms with Gasteiger partial charge in [0.1, 0.15) is 5.75 Å². The topological polar surface area (TPSA) is 26.3 Å². The van der Waals surface area contributed by atoms with E-state index in [2.05, 4.69) is 6.92 Å². The molecular formula is C20H16F2O2. The number of hydrogen-bond acceptors (Lipinski definition) is 2. The Labute approximate surface area is 138 Å². The molecule has 3 aromatic rings. The summed E-state index contributed by atoms with van der Waals surface area (Å²) in [7, 11) is 0. The van der Waals surface area contributed by atoms with Crippen molar-refractivity contribution in [3.05, 3.63) is 77.4 Å². The van der Waals surface area contributed by atoms with Crippen molar-refractivity contribution in [1.82, 2.24) is 0 Å². The average Bonchev–Trinajstić information content (AvgIpc) is 2.60. The number of benzene rings is 3. The second-order valence-corrected chi connectivity index (χ2v) is 5.58. The average molecular weight is 326 g/mol. The van der Waals surface area contributed by atoms with Gasteiger partial charge in [0.25, 0.3) is 0 Å². The van der Waals surface area contributed by atoms with Crippen LogP contribution in [0.4, 0.5) is 8.78 Å². The summed E-state index contributed by atoms with van der Waals surface area (Å²) in [4.78, 5) is 12.2. The fourth-order valence-electron chi connectivity index (χ4n) is 2.57. The molecule has 0 spiro atoms. The fraction of sp³-hybridized carbons (Fsp3) is 0.150. The maximum Gasteiger partial charge on any atom is 0.343 e. The number of hydrogen-bond donors (Lipinski definition) is 0. The van der Waals surface area contributed by atoms with Gasteiger partial charge < -0.3 is 4.74 Å². The van der Waals surface area contributed by atoms with E-state index >= 15 is 0 Å². The van der Waals surface area contributed by atoms with Crippen LogP contribution in [-0.2, 0) is 6.42 Å². The molecule has 0 atom stereocenters. The molecule has 0 amide bonds. The molecule has 122 valence electrons. The molecule has 0 saturated carbocycles. The van der Waals surface area contributed by atoms with Gasteiger partial charge in [-0.25, -0.2) is 13.6 Å². The van der Waals surface area contributed by atoms with Gasteiger partial charge in [-0.15, -0.1) is 0 Å². The molecule has 0 fully saturated rings. The monoisotopic (exact) mass is 326 g/mol. The van der Waals surface area contributed by atoms with Crippen LogP contribution in [0, 0.1) is 11.6 Å². The van der Waals surface area contributed by atoms with Crippen LogP contribution in [0.2, 0.25) is 0 Å². The first-order chi connectivity index (χ1) is 11.6. The standard InChI is InChI=1S/C20H16F2O2/c1-2-3-13-4-8-16(9-5-13)24-20(23)15-6-10-17-14(12-15)7-11-18(21)19(17)22/h4-12H,2-3H2,1H3. The van der Waals surface area contributed by atoms with Crippen molar-refractivity contribution in [2.45, 2.75) is 19.8 Å². The molecule has 0 aliphatic rings. The molecule has 0 heterocycles. The maximum absolute atomic E-state index is 13.7. The first kappa shape index (κ1) is 16.1. The van der Waals surface area contributed by atoms with Gasteiger partial charge in [0.15, 0.2) is 11.6 Å². The van der Waals surface area contributed by atoms with E-state index in [4.69, 9.17) is 4.74 Å². The van der Waals surface area contributed by atoms with Crippen molar-refractivity contribution in [2.24, 2.45) is 0 Å². The summed E-state index contributed by atoms with van der Waals surface area (Å²) in [6.45, 7) is 2.10. The van der Waals surface area contributed by atoms with E-state index in [0.717, 1.165) is 18.9 Å². The van der Waals surface area contributed by atoms with Gasteiger partial charge in [-0.2, -0.15) is 0 Å². The predicted octanol–water partition coefficient (Wildman–Crippen LogP) is 5.29. The minimum Gasteiger partial charge on any atom is -0.423 e. The Balaban J connectivity index is 1.82. The number of ether oxygens (including phenoxy) is 1. The molecule has 0 aliphatic carbocycles. The summed E-state index contributed by atoms with van der Waals surface area (Å²) in [6.07, 6.45) is 2.02. The number of aryl methyl sites for hydroxylation is 1. The minimum absolute atomic E-state index is 0.135.